The van der Waals surface area contributed by atoms with Gasteiger partial charge >= 0.3 is 0 Å². The molecule has 0 bridgehead atoms. The number of aryl methyl sites for hydroxylation is 1. The second-order valence-electron chi connectivity index (χ2n) is 3.93. The molecule has 0 radical (unpaired) electrons. The van der Waals surface area contributed by atoms with Crippen molar-refractivity contribution >= 4 is 10.0 Å². The zero-order valence-corrected chi connectivity index (χ0v) is 11.2. The van der Waals surface area contributed by atoms with E-state index in [4.69, 9.17) is 5.73 Å². The minimum Gasteiger partial charge on any atom is -0.326 e. The molecule has 0 aliphatic carbocycles. The Morgan fingerprint density at radius 3 is 2.95 bits per heavy atom. The van der Waals surface area contributed by atoms with Crippen LogP contribution in [-0.2, 0) is 30.0 Å². The standard InChI is InChI=1S/C9H15N7O2S/c1-16-6-12-14-8(16)2-3-13-19(17,18)9-7(4-10)5-11-15-9/h5-6,13H,2-4,10H2,1H3,(H,11,15). The fourth-order valence-corrected chi connectivity index (χ4v) is 2.75. The van der Waals surface area contributed by atoms with E-state index < -0.39 is 10.0 Å². The lowest BCUT2D eigenvalue weighted by atomic mass is 10.4. The Hall–Kier alpha value is -1.78. The first-order chi connectivity index (χ1) is 9.04. The van der Waals surface area contributed by atoms with E-state index in [0.29, 0.717) is 17.8 Å². The first-order valence-electron chi connectivity index (χ1n) is 5.59. The van der Waals surface area contributed by atoms with E-state index in [1.165, 1.54) is 6.20 Å². The van der Waals surface area contributed by atoms with Gasteiger partial charge in [0.1, 0.15) is 12.2 Å². The zero-order valence-electron chi connectivity index (χ0n) is 10.4. The Balaban J connectivity index is 2.01. The van der Waals surface area contributed by atoms with Crippen molar-refractivity contribution in [3.05, 3.63) is 23.9 Å². The summed E-state index contributed by atoms with van der Waals surface area (Å²) in [6.45, 7) is 0.327. The van der Waals surface area contributed by atoms with Crippen molar-refractivity contribution in [3.8, 4) is 0 Å². The summed E-state index contributed by atoms with van der Waals surface area (Å²) in [5.74, 6) is 0.700. The normalized spacial score (nSPS) is 11.9. The monoisotopic (exact) mass is 285 g/mol. The summed E-state index contributed by atoms with van der Waals surface area (Å²) in [5, 5.41) is 13.7. The van der Waals surface area contributed by atoms with Gasteiger partial charge in [-0.15, -0.1) is 10.2 Å². The summed E-state index contributed by atoms with van der Waals surface area (Å²) in [7, 11) is -1.83. The summed E-state index contributed by atoms with van der Waals surface area (Å²) in [6.07, 6.45) is 3.41. The van der Waals surface area contributed by atoms with E-state index >= 15 is 0 Å². The highest BCUT2D eigenvalue weighted by atomic mass is 32.2. The van der Waals surface area contributed by atoms with Gasteiger partial charge in [-0.3, -0.25) is 5.10 Å². The predicted octanol–water partition coefficient (Wildman–Crippen LogP) is -1.48. The molecule has 10 heteroatoms. The van der Waals surface area contributed by atoms with Crippen LogP contribution in [0.4, 0.5) is 0 Å². The molecule has 0 amide bonds. The lowest BCUT2D eigenvalue weighted by Crippen LogP contribution is -2.28. The van der Waals surface area contributed by atoms with Gasteiger partial charge in [0.15, 0.2) is 5.03 Å². The largest absolute Gasteiger partial charge is 0.326 e. The molecule has 0 unspecified atom stereocenters. The number of hydrogen-bond donors (Lipinski definition) is 3. The average Bonchev–Trinajstić information content (AvgIpc) is 2.98. The van der Waals surface area contributed by atoms with Gasteiger partial charge in [-0.25, -0.2) is 13.1 Å². The highest BCUT2D eigenvalue weighted by molar-refractivity contribution is 7.89. The van der Waals surface area contributed by atoms with Crippen LogP contribution in [0.3, 0.4) is 0 Å². The van der Waals surface area contributed by atoms with Crippen molar-refractivity contribution in [2.45, 2.75) is 18.0 Å². The van der Waals surface area contributed by atoms with Gasteiger partial charge in [-0.2, -0.15) is 5.10 Å². The quantitative estimate of drug-likeness (QED) is 0.593. The van der Waals surface area contributed by atoms with Crippen LogP contribution in [0.25, 0.3) is 0 Å². The average molecular weight is 285 g/mol. The van der Waals surface area contributed by atoms with Crippen LogP contribution in [0, 0.1) is 0 Å². The number of nitrogens with one attached hydrogen (secondary N) is 2. The summed E-state index contributed by atoms with van der Waals surface area (Å²) in [5.41, 5.74) is 5.89. The van der Waals surface area contributed by atoms with Crippen LogP contribution in [0.15, 0.2) is 17.6 Å². The maximum Gasteiger partial charge on any atom is 0.257 e. The van der Waals surface area contributed by atoms with Crippen LogP contribution in [0.1, 0.15) is 11.4 Å². The van der Waals surface area contributed by atoms with Crippen molar-refractivity contribution < 1.29 is 8.42 Å². The Morgan fingerprint density at radius 1 is 1.53 bits per heavy atom. The number of rotatable bonds is 6. The Kier molecular flexibility index (Phi) is 3.93. The maximum atomic E-state index is 12.0. The number of aromatic amines is 1. The Bertz CT molecular complexity index is 645. The minimum absolute atomic E-state index is 0.00738. The lowest BCUT2D eigenvalue weighted by Gasteiger charge is -2.06. The summed E-state index contributed by atoms with van der Waals surface area (Å²) < 4.78 is 28.2. The third-order valence-electron chi connectivity index (χ3n) is 2.61. The van der Waals surface area contributed by atoms with Crippen molar-refractivity contribution in [1.82, 2.24) is 29.7 Å². The van der Waals surface area contributed by atoms with Crippen molar-refractivity contribution in [2.75, 3.05) is 6.54 Å². The molecule has 4 N–H and O–H groups in total. The van der Waals surface area contributed by atoms with Crippen molar-refractivity contribution in [1.29, 1.82) is 0 Å². The Labute approximate surface area is 110 Å². The number of nitrogens with zero attached hydrogens (tertiary/aromatic N) is 4. The topological polar surface area (TPSA) is 132 Å². The first-order valence-corrected chi connectivity index (χ1v) is 7.07. The van der Waals surface area contributed by atoms with Gasteiger partial charge in [0.25, 0.3) is 10.0 Å². The number of hydrogen-bond acceptors (Lipinski definition) is 6. The smallest absolute Gasteiger partial charge is 0.257 e. The van der Waals surface area contributed by atoms with Crippen LogP contribution in [0.2, 0.25) is 0 Å². The molecule has 0 atom stereocenters. The SMILES string of the molecule is Cn1cnnc1CCNS(=O)(=O)c1[nH]ncc1CN. The molecule has 0 spiro atoms. The molecule has 0 saturated carbocycles. The van der Waals surface area contributed by atoms with Crippen LogP contribution < -0.4 is 10.5 Å². The molecule has 0 fully saturated rings. The molecule has 0 saturated heterocycles. The molecule has 2 heterocycles. The van der Waals surface area contributed by atoms with E-state index in [9.17, 15) is 8.42 Å². The number of nitrogens with two attached hydrogens (primary N) is 1. The van der Waals surface area contributed by atoms with E-state index in [1.807, 2.05) is 0 Å². The molecule has 104 valence electrons. The third-order valence-corrected chi connectivity index (χ3v) is 4.09. The van der Waals surface area contributed by atoms with Gasteiger partial charge < -0.3 is 10.3 Å². The summed E-state index contributed by atoms with van der Waals surface area (Å²) in [4.78, 5) is 0. The van der Waals surface area contributed by atoms with E-state index in [-0.39, 0.29) is 18.1 Å². The van der Waals surface area contributed by atoms with Crippen LogP contribution >= 0.6 is 0 Å². The lowest BCUT2D eigenvalue weighted by molar-refractivity contribution is 0.574. The van der Waals surface area contributed by atoms with E-state index in [1.54, 1.807) is 17.9 Å². The number of sulfonamides is 1. The fourth-order valence-electron chi connectivity index (χ4n) is 1.58. The van der Waals surface area contributed by atoms with Gasteiger partial charge in [0, 0.05) is 32.1 Å². The zero-order chi connectivity index (χ0) is 13.9. The van der Waals surface area contributed by atoms with Crippen molar-refractivity contribution in [3.63, 3.8) is 0 Å². The summed E-state index contributed by atoms with van der Waals surface area (Å²) >= 11 is 0. The minimum atomic E-state index is -3.63. The Morgan fingerprint density at radius 2 is 2.32 bits per heavy atom. The summed E-state index contributed by atoms with van der Waals surface area (Å²) in [6, 6.07) is 0. The van der Waals surface area contributed by atoms with Gasteiger partial charge in [0.2, 0.25) is 0 Å². The number of H-pyrrole nitrogens is 1. The fraction of sp³-hybridized carbons (Fsp3) is 0.444. The van der Waals surface area contributed by atoms with Gasteiger partial charge in [-0.05, 0) is 0 Å². The van der Waals surface area contributed by atoms with Gasteiger partial charge in [-0.1, -0.05) is 0 Å². The number of aromatic nitrogens is 5. The predicted molar refractivity (Wildman–Crippen MR) is 66.4 cm³/mol. The molecule has 2 aromatic heterocycles. The second-order valence-corrected chi connectivity index (χ2v) is 5.64. The highest BCUT2D eigenvalue weighted by Gasteiger charge is 2.19. The molecule has 0 aromatic carbocycles. The van der Waals surface area contributed by atoms with Crippen LogP contribution in [0.5, 0.6) is 0 Å². The molecule has 2 rings (SSSR count). The maximum absolute atomic E-state index is 12.0. The third kappa shape index (κ3) is 2.97. The van der Waals surface area contributed by atoms with Crippen molar-refractivity contribution in [2.24, 2.45) is 12.8 Å². The molecule has 2 aromatic rings. The molecule has 9 nitrogen and oxygen atoms in total. The molecule has 19 heavy (non-hydrogen) atoms. The molecular formula is C9H15N7O2S. The van der Waals surface area contributed by atoms with E-state index in [0.717, 1.165) is 0 Å². The molecule has 0 aliphatic rings. The molecular weight excluding hydrogens is 270 g/mol. The van der Waals surface area contributed by atoms with Gasteiger partial charge in [0.05, 0.1) is 6.20 Å². The van der Waals surface area contributed by atoms with Crippen LogP contribution in [-0.4, -0.2) is 39.9 Å². The first kappa shape index (κ1) is 13.6. The molecule has 0 aliphatic heterocycles. The second kappa shape index (κ2) is 5.47. The highest BCUT2D eigenvalue weighted by Crippen LogP contribution is 2.10. The van der Waals surface area contributed by atoms with E-state index in [2.05, 4.69) is 25.1 Å².